The molecule has 2 aromatic carbocycles. The number of nitrogens with two attached hydrogens (primary N) is 1. The average Bonchev–Trinajstić information content (AvgIpc) is 2.68. The van der Waals surface area contributed by atoms with Gasteiger partial charge in [-0.05, 0) is 49.6 Å². The molecule has 0 bridgehead atoms. The van der Waals surface area contributed by atoms with E-state index in [-0.39, 0.29) is 28.2 Å². The van der Waals surface area contributed by atoms with E-state index in [1.807, 2.05) is 30.3 Å². The second kappa shape index (κ2) is 8.12. The predicted octanol–water partition coefficient (Wildman–Crippen LogP) is 2.13. The van der Waals surface area contributed by atoms with Crippen LogP contribution in [-0.4, -0.2) is 38.2 Å². The highest BCUT2D eigenvalue weighted by molar-refractivity contribution is 7.89. The summed E-state index contributed by atoms with van der Waals surface area (Å²) in [6.45, 7) is 2.50. The number of rotatable bonds is 4. The Morgan fingerprint density at radius 2 is 1.71 bits per heavy atom. The number of aryl methyl sites for hydroxylation is 1. The van der Waals surface area contributed by atoms with Crippen LogP contribution >= 0.6 is 0 Å². The Hall–Kier alpha value is -2.71. The van der Waals surface area contributed by atoms with Crippen LogP contribution in [0.2, 0.25) is 0 Å². The summed E-state index contributed by atoms with van der Waals surface area (Å²) in [4.78, 5) is 26.8. The first-order chi connectivity index (χ1) is 13.3. The van der Waals surface area contributed by atoms with Crippen molar-refractivity contribution >= 4 is 27.5 Å². The minimum atomic E-state index is -3.89. The lowest BCUT2D eigenvalue weighted by Crippen LogP contribution is -2.41. The van der Waals surface area contributed by atoms with Crippen molar-refractivity contribution in [3.63, 3.8) is 0 Å². The van der Waals surface area contributed by atoms with Crippen LogP contribution in [0.4, 0.5) is 5.69 Å². The zero-order valence-electron chi connectivity index (χ0n) is 15.6. The number of carbonyl (C=O) groups excluding carboxylic acids is 2. The third kappa shape index (κ3) is 4.58. The third-order valence-corrected chi connectivity index (χ3v) is 5.99. The molecular weight excluding hydrogens is 378 g/mol. The van der Waals surface area contributed by atoms with E-state index in [9.17, 15) is 18.0 Å². The van der Waals surface area contributed by atoms with Gasteiger partial charge in [0, 0.05) is 30.3 Å². The third-order valence-electron chi connectivity index (χ3n) is 4.94. The van der Waals surface area contributed by atoms with Crippen molar-refractivity contribution in [1.82, 2.24) is 4.90 Å². The Kier molecular flexibility index (Phi) is 5.81. The molecule has 0 spiro atoms. The number of nitrogens with zero attached hydrogens (tertiary/aromatic N) is 1. The molecule has 1 aliphatic heterocycles. The molecule has 1 heterocycles. The molecule has 0 aromatic heterocycles. The first-order valence-corrected chi connectivity index (χ1v) is 10.6. The number of primary sulfonamides is 1. The summed E-state index contributed by atoms with van der Waals surface area (Å²) in [7, 11) is -3.89. The maximum absolute atomic E-state index is 12.7. The van der Waals surface area contributed by atoms with Crippen LogP contribution < -0.4 is 10.5 Å². The molecule has 0 aliphatic carbocycles. The molecule has 1 fully saturated rings. The molecule has 3 N–H and O–H groups in total. The van der Waals surface area contributed by atoms with Gasteiger partial charge in [0.25, 0.3) is 5.91 Å². The SMILES string of the molecule is Cc1ccc(C(=O)N2CCC(C(=O)Nc3ccccc3)CC2)cc1S(N)(=O)=O. The van der Waals surface area contributed by atoms with E-state index in [0.29, 0.717) is 31.5 Å². The molecule has 2 aromatic rings. The number of sulfonamides is 1. The summed E-state index contributed by atoms with van der Waals surface area (Å²) in [5.74, 6) is -0.473. The molecule has 0 radical (unpaired) electrons. The molecule has 0 atom stereocenters. The fraction of sp³-hybridized carbons (Fsp3) is 0.300. The van der Waals surface area contributed by atoms with Crippen LogP contribution in [-0.2, 0) is 14.8 Å². The Labute approximate surface area is 164 Å². The first kappa shape index (κ1) is 20.0. The minimum absolute atomic E-state index is 0.0459. The average molecular weight is 401 g/mol. The van der Waals surface area contributed by atoms with E-state index in [1.54, 1.807) is 24.0 Å². The molecule has 8 heteroatoms. The molecule has 1 saturated heterocycles. The van der Waals surface area contributed by atoms with E-state index >= 15 is 0 Å². The summed E-state index contributed by atoms with van der Waals surface area (Å²) in [5.41, 5.74) is 1.53. The number of anilines is 1. The smallest absolute Gasteiger partial charge is 0.253 e. The molecule has 148 valence electrons. The van der Waals surface area contributed by atoms with Gasteiger partial charge in [0.1, 0.15) is 0 Å². The van der Waals surface area contributed by atoms with Crippen molar-refractivity contribution in [1.29, 1.82) is 0 Å². The van der Waals surface area contributed by atoms with Gasteiger partial charge in [0.2, 0.25) is 15.9 Å². The fourth-order valence-corrected chi connectivity index (χ4v) is 4.14. The molecule has 3 rings (SSSR count). The monoisotopic (exact) mass is 401 g/mol. The van der Waals surface area contributed by atoms with Crippen molar-refractivity contribution in [2.45, 2.75) is 24.7 Å². The van der Waals surface area contributed by atoms with Crippen LogP contribution in [0.1, 0.15) is 28.8 Å². The number of hydrogen-bond acceptors (Lipinski definition) is 4. The van der Waals surface area contributed by atoms with Crippen molar-refractivity contribution in [2.75, 3.05) is 18.4 Å². The molecule has 7 nitrogen and oxygen atoms in total. The lowest BCUT2D eigenvalue weighted by molar-refractivity contribution is -0.121. The van der Waals surface area contributed by atoms with Gasteiger partial charge >= 0.3 is 0 Å². The van der Waals surface area contributed by atoms with Gasteiger partial charge in [0.15, 0.2) is 0 Å². The number of carbonyl (C=O) groups is 2. The molecule has 1 aliphatic rings. The number of hydrogen-bond donors (Lipinski definition) is 2. The minimum Gasteiger partial charge on any atom is -0.339 e. The molecular formula is C20H23N3O4S. The number of benzene rings is 2. The van der Waals surface area contributed by atoms with Crippen molar-refractivity contribution in [3.8, 4) is 0 Å². The Morgan fingerprint density at radius 3 is 2.32 bits per heavy atom. The number of piperidine rings is 1. The highest BCUT2D eigenvalue weighted by Gasteiger charge is 2.28. The van der Waals surface area contributed by atoms with Gasteiger partial charge in [-0.3, -0.25) is 9.59 Å². The lowest BCUT2D eigenvalue weighted by atomic mass is 9.95. The van der Waals surface area contributed by atoms with Crippen LogP contribution in [0, 0.1) is 12.8 Å². The summed E-state index contributed by atoms with van der Waals surface area (Å²) in [6.07, 6.45) is 1.11. The van der Waals surface area contributed by atoms with E-state index < -0.39 is 10.0 Å². The fourth-order valence-electron chi connectivity index (χ4n) is 3.33. The summed E-state index contributed by atoms with van der Waals surface area (Å²) >= 11 is 0. The van der Waals surface area contributed by atoms with Gasteiger partial charge in [-0.15, -0.1) is 0 Å². The number of likely N-dealkylation sites (tertiary alicyclic amines) is 1. The van der Waals surface area contributed by atoms with Gasteiger partial charge in [-0.2, -0.15) is 0 Å². The number of nitrogens with one attached hydrogen (secondary N) is 1. The lowest BCUT2D eigenvalue weighted by Gasteiger charge is -2.31. The predicted molar refractivity (Wildman–Crippen MR) is 106 cm³/mol. The van der Waals surface area contributed by atoms with Crippen LogP contribution in [0.3, 0.4) is 0 Å². The van der Waals surface area contributed by atoms with Gasteiger partial charge < -0.3 is 10.2 Å². The van der Waals surface area contributed by atoms with Gasteiger partial charge in [-0.25, -0.2) is 13.6 Å². The first-order valence-electron chi connectivity index (χ1n) is 9.04. The molecule has 2 amide bonds. The maximum Gasteiger partial charge on any atom is 0.253 e. The van der Waals surface area contributed by atoms with Gasteiger partial charge in [0.05, 0.1) is 4.90 Å². The van der Waals surface area contributed by atoms with E-state index in [0.717, 1.165) is 5.69 Å². The number of amides is 2. The molecule has 0 saturated carbocycles. The normalized spacial score (nSPS) is 15.3. The second-order valence-electron chi connectivity index (χ2n) is 6.95. The highest BCUT2D eigenvalue weighted by atomic mass is 32.2. The van der Waals surface area contributed by atoms with E-state index in [1.165, 1.54) is 6.07 Å². The van der Waals surface area contributed by atoms with E-state index in [2.05, 4.69) is 5.32 Å². The van der Waals surface area contributed by atoms with Crippen LogP contribution in [0.15, 0.2) is 53.4 Å². The highest BCUT2D eigenvalue weighted by Crippen LogP contribution is 2.22. The second-order valence-corrected chi connectivity index (χ2v) is 8.48. The van der Waals surface area contributed by atoms with Crippen LogP contribution in [0.5, 0.6) is 0 Å². The van der Waals surface area contributed by atoms with E-state index in [4.69, 9.17) is 5.14 Å². The maximum atomic E-state index is 12.7. The van der Waals surface area contributed by atoms with Gasteiger partial charge in [-0.1, -0.05) is 24.3 Å². The van der Waals surface area contributed by atoms with Crippen molar-refractivity contribution < 1.29 is 18.0 Å². The Balaban J connectivity index is 1.63. The summed E-state index contributed by atoms with van der Waals surface area (Å²) in [6, 6.07) is 13.7. The van der Waals surface area contributed by atoms with Crippen LogP contribution in [0.25, 0.3) is 0 Å². The van der Waals surface area contributed by atoms with Crippen molar-refractivity contribution in [3.05, 3.63) is 59.7 Å². The largest absolute Gasteiger partial charge is 0.339 e. The molecule has 0 unspecified atom stereocenters. The summed E-state index contributed by atoms with van der Waals surface area (Å²) < 4.78 is 23.4. The molecule has 28 heavy (non-hydrogen) atoms. The number of para-hydroxylation sites is 1. The Bertz CT molecular complexity index is 982. The standard InChI is InChI=1S/C20H23N3O4S/c1-14-7-8-16(13-18(14)28(21,26)27)20(25)23-11-9-15(10-12-23)19(24)22-17-5-3-2-4-6-17/h2-8,13,15H,9-12H2,1H3,(H,22,24)(H2,21,26,27). The zero-order chi connectivity index (χ0) is 20.3. The zero-order valence-corrected chi connectivity index (χ0v) is 16.4. The quantitative estimate of drug-likeness (QED) is 0.818. The summed E-state index contributed by atoms with van der Waals surface area (Å²) in [5, 5.41) is 8.12. The topological polar surface area (TPSA) is 110 Å². The Morgan fingerprint density at radius 1 is 1.07 bits per heavy atom. The van der Waals surface area contributed by atoms with Crippen molar-refractivity contribution in [2.24, 2.45) is 11.1 Å².